The van der Waals surface area contributed by atoms with Gasteiger partial charge in [0.15, 0.2) is 0 Å². The highest BCUT2D eigenvalue weighted by Gasteiger charge is 2.39. The lowest BCUT2D eigenvalue weighted by Crippen LogP contribution is -2.46. The molecule has 0 saturated carbocycles. The second-order valence-corrected chi connectivity index (χ2v) is 9.37. The quantitative estimate of drug-likeness (QED) is 0.167. The number of nitrogens with one attached hydrogen (secondary N) is 1. The van der Waals surface area contributed by atoms with Gasteiger partial charge in [0.25, 0.3) is 0 Å². The summed E-state index contributed by atoms with van der Waals surface area (Å²) < 4.78 is 39.5. The molecule has 0 spiro atoms. The summed E-state index contributed by atoms with van der Waals surface area (Å²) in [7, 11) is -2.51. The van der Waals surface area contributed by atoms with Crippen LogP contribution >= 0.6 is 0 Å². The van der Waals surface area contributed by atoms with E-state index in [4.69, 9.17) is 32.2 Å². The van der Waals surface area contributed by atoms with Gasteiger partial charge < -0.3 is 37.5 Å². The van der Waals surface area contributed by atoms with Crippen molar-refractivity contribution in [2.24, 2.45) is 0 Å². The molecule has 9 heteroatoms. The highest BCUT2D eigenvalue weighted by Crippen LogP contribution is 2.17. The molecule has 0 bridgehead atoms. The molecule has 1 N–H and O–H groups in total. The van der Waals surface area contributed by atoms with Gasteiger partial charge in [-0.05, 0) is 40.2 Å². The Morgan fingerprint density at radius 2 is 1.00 bits per heavy atom. The second kappa shape index (κ2) is 23.6. The van der Waals surface area contributed by atoms with Crippen LogP contribution in [0.4, 0.5) is 0 Å². The summed E-state index contributed by atoms with van der Waals surface area (Å²) in [4.78, 5) is 0. The Balaban J connectivity index is 3.41. The van der Waals surface area contributed by atoms with E-state index in [1.165, 1.54) is 0 Å². The lowest BCUT2D eigenvalue weighted by atomic mass is 10.4. The molecule has 0 aromatic rings. The maximum atomic E-state index is 5.86. The van der Waals surface area contributed by atoms with E-state index < -0.39 is 8.80 Å². The maximum absolute atomic E-state index is 5.86. The van der Waals surface area contributed by atoms with Crippen molar-refractivity contribution >= 4 is 8.80 Å². The molecule has 0 aliphatic carbocycles. The Labute approximate surface area is 185 Å². The average Bonchev–Trinajstić information content (AvgIpc) is 2.73. The Morgan fingerprint density at radius 3 is 1.47 bits per heavy atom. The molecule has 8 nitrogen and oxygen atoms in total. The smallest absolute Gasteiger partial charge is 0.379 e. The van der Waals surface area contributed by atoms with E-state index in [9.17, 15) is 0 Å². The molecule has 0 fully saturated rings. The average molecular weight is 454 g/mol. The summed E-state index contributed by atoms with van der Waals surface area (Å²) in [6.07, 6.45) is 3.22. The summed E-state index contributed by atoms with van der Waals surface area (Å²) in [5.74, 6) is 0. The molecule has 0 rings (SSSR count). The lowest BCUT2D eigenvalue weighted by Gasteiger charge is -2.28. The first kappa shape index (κ1) is 29.9. The molecule has 0 aromatic heterocycles. The minimum absolute atomic E-state index is 0.585. The van der Waals surface area contributed by atoms with Gasteiger partial charge in [-0.25, -0.2) is 0 Å². The zero-order valence-electron chi connectivity index (χ0n) is 19.9. The molecule has 0 saturated heterocycles. The first-order valence-electron chi connectivity index (χ1n) is 11.7. The number of rotatable bonds is 25. The first-order valence-corrected chi connectivity index (χ1v) is 13.6. The van der Waals surface area contributed by atoms with Crippen molar-refractivity contribution in [2.45, 2.75) is 53.0 Å². The zero-order valence-corrected chi connectivity index (χ0v) is 20.9. The van der Waals surface area contributed by atoms with Crippen LogP contribution in [0.5, 0.6) is 0 Å². The maximum Gasteiger partial charge on any atom is 0.500 e. The SMILES string of the molecule is CCCCOCCOCCOCCOCCNCCC[Si](OCC)(OCC)OCC. The van der Waals surface area contributed by atoms with Gasteiger partial charge in [0.2, 0.25) is 0 Å². The highest BCUT2D eigenvalue weighted by atomic mass is 28.4. The fourth-order valence-electron chi connectivity index (χ4n) is 2.71. The van der Waals surface area contributed by atoms with Crippen molar-refractivity contribution < 1.29 is 32.2 Å². The van der Waals surface area contributed by atoms with Gasteiger partial charge in [0.1, 0.15) is 0 Å². The number of hydrogen-bond donors (Lipinski definition) is 1. The molecule has 0 unspecified atom stereocenters. The number of ether oxygens (including phenoxy) is 4. The summed E-state index contributed by atoms with van der Waals surface area (Å²) in [6.45, 7) is 16.8. The number of hydrogen-bond acceptors (Lipinski definition) is 8. The molecule has 0 aliphatic heterocycles. The fourth-order valence-corrected chi connectivity index (χ4v) is 5.32. The van der Waals surface area contributed by atoms with E-state index in [2.05, 4.69) is 12.2 Å². The van der Waals surface area contributed by atoms with Crippen molar-refractivity contribution in [3.63, 3.8) is 0 Å². The lowest BCUT2D eigenvalue weighted by molar-refractivity contribution is -0.00168. The minimum atomic E-state index is -2.51. The predicted molar refractivity (Wildman–Crippen MR) is 121 cm³/mol. The second-order valence-electron chi connectivity index (χ2n) is 6.64. The third-order valence-electron chi connectivity index (χ3n) is 4.11. The van der Waals surface area contributed by atoms with Crippen LogP contribution in [0.2, 0.25) is 6.04 Å². The van der Waals surface area contributed by atoms with Crippen LogP contribution in [0.1, 0.15) is 47.0 Å². The van der Waals surface area contributed by atoms with E-state index in [1.54, 1.807) is 0 Å². The summed E-state index contributed by atoms with van der Waals surface area (Å²) in [5.41, 5.74) is 0. The van der Waals surface area contributed by atoms with E-state index in [1.807, 2.05) is 20.8 Å². The Hall–Kier alpha value is -0.103. The normalized spacial score (nSPS) is 12.0. The van der Waals surface area contributed by atoms with Gasteiger partial charge in [0.05, 0.1) is 46.2 Å². The van der Waals surface area contributed by atoms with E-state index in [0.717, 1.165) is 45.0 Å². The largest absolute Gasteiger partial charge is 0.500 e. The third-order valence-corrected chi connectivity index (χ3v) is 7.26. The molecule has 30 heavy (non-hydrogen) atoms. The molecular weight excluding hydrogens is 406 g/mol. The van der Waals surface area contributed by atoms with Gasteiger partial charge in [-0.2, -0.15) is 0 Å². The van der Waals surface area contributed by atoms with Crippen molar-refractivity contribution in [3.8, 4) is 0 Å². The van der Waals surface area contributed by atoms with Gasteiger partial charge in [0, 0.05) is 39.0 Å². The van der Waals surface area contributed by atoms with Gasteiger partial charge in [-0.15, -0.1) is 0 Å². The molecule has 0 aromatic carbocycles. The predicted octanol–water partition coefficient (Wildman–Crippen LogP) is 2.88. The Bertz CT molecular complexity index is 323. The zero-order chi connectivity index (χ0) is 22.2. The molecule has 0 aliphatic rings. The first-order chi connectivity index (χ1) is 14.7. The van der Waals surface area contributed by atoms with Crippen LogP contribution in [0.3, 0.4) is 0 Å². The van der Waals surface area contributed by atoms with E-state index in [0.29, 0.717) is 66.1 Å². The van der Waals surface area contributed by atoms with Crippen molar-refractivity contribution in [1.82, 2.24) is 5.32 Å². The minimum Gasteiger partial charge on any atom is -0.379 e. The van der Waals surface area contributed by atoms with E-state index >= 15 is 0 Å². The van der Waals surface area contributed by atoms with Crippen molar-refractivity contribution in [2.75, 3.05) is 85.8 Å². The highest BCUT2D eigenvalue weighted by molar-refractivity contribution is 6.60. The van der Waals surface area contributed by atoms with Crippen LogP contribution in [0.25, 0.3) is 0 Å². The van der Waals surface area contributed by atoms with Gasteiger partial charge in [-0.1, -0.05) is 13.3 Å². The van der Waals surface area contributed by atoms with Crippen molar-refractivity contribution in [3.05, 3.63) is 0 Å². The summed E-state index contributed by atoms with van der Waals surface area (Å²) in [5, 5.41) is 3.39. The Kier molecular flexibility index (Phi) is 23.5. The standard InChI is InChI=1S/C21H47NO7Si/c1-5-9-13-23-15-17-25-19-20-26-18-16-24-14-12-22-11-10-21-30(27-6-2,28-7-3)29-8-4/h22H,5-21H2,1-4H3. The monoisotopic (exact) mass is 453 g/mol. The van der Waals surface area contributed by atoms with Crippen LogP contribution < -0.4 is 5.32 Å². The molecule has 0 radical (unpaired) electrons. The molecule has 182 valence electrons. The molecule has 0 amide bonds. The van der Waals surface area contributed by atoms with Gasteiger partial charge >= 0.3 is 8.80 Å². The third kappa shape index (κ3) is 18.6. The molecular formula is C21H47NO7Si. The van der Waals surface area contributed by atoms with Gasteiger partial charge in [-0.3, -0.25) is 0 Å². The van der Waals surface area contributed by atoms with Crippen LogP contribution in [-0.2, 0) is 32.2 Å². The summed E-state index contributed by atoms with van der Waals surface area (Å²) in [6, 6.07) is 0.831. The van der Waals surface area contributed by atoms with Crippen LogP contribution in [0.15, 0.2) is 0 Å². The fraction of sp³-hybridized carbons (Fsp3) is 1.00. The van der Waals surface area contributed by atoms with E-state index in [-0.39, 0.29) is 0 Å². The number of unbranched alkanes of at least 4 members (excludes halogenated alkanes) is 1. The van der Waals surface area contributed by atoms with Crippen molar-refractivity contribution in [1.29, 1.82) is 0 Å². The van der Waals surface area contributed by atoms with Crippen LogP contribution in [0, 0.1) is 0 Å². The Morgan fingerprint density at radius 1 is 0.533 bits per heavy atom. The summed E-state index contributed by atoms with van der Waals surface area (Å²) >= 11 is 0. The molecule has 0 heterocycles. The topological polar surface area (TPSA) is 76.6 Å². The van der Waals surface area contributed by atoms with Crippen LogP contribution in [-0.4, -0.2) is 94.6 Å². The molecule has 0 atom stereocenters.